The van der Waals surface area contributed by atoms with Crippen LogP contribution in [-0.2, 0) is 10.8 Å². The summed E-state index contributed by atoms with van der Waals surface area (Å²) in [5.74, 6) is 1.49. The van der Waals surface area contributed by atoms with Gasteiger partial charge in [0, 0.05) is 55.8 Å². The molecule has 0 spiro atoms. The molecule has 0 bridgehead atoms. The van der Waals surface area contributed by atoms with E-state index in [1.165, 1.54) is 0 Å². The van der Waals surface area contributed by atoms with Crippen LogP contribution in [0.5, 0.6) is 0 Å². The molecule has 1 saturated heterocycles. The summed E-state index contributed by atoms with van der Waals surface area (Å²) in [6.07, 6.45) is 3.55. The highest BCUT2D eigenvalue weighted by atomic mass is 32.2. The second-order valence-electron chi connectivity index (χ2n) is 5.24. The Morgan fingerprint density at radius 3 is 2.32 bits per heavy atom. The predicted octanol–water partition coefficient (Wildman–Crippen LogP) is 1.41. The van der Waals surface area contributed by atoms with Crippen molar-refractivity contribution in [1.82, 2.24) is 14.9 Å². The van der Waals surface area contributed by atoms with Crippen molar-refractivity contribution in [3.8, 4) is 0 Å². The zero-order valence-corrected chi connectivity index (χ0v) is 13.3. The van der Waals surface area contributed by atoms with Gasteiger partial charge < -0.3 is 4.90 Å². The fraction of sp³-hybridized carbons (Fsp3) is 0.375. The summed E-state index contributed by atoms with van der Waals surface area (Å²) >= 11 is 0. The average molecular weight is 316 g/mol. The van der Waals surface area contributed by atoms with Gasteiger partial charge in [0.1, 0.15) is 0 Å². The number of rotatable bonds is 5. The van der Waals surface area contributed by atoms with Gasteiger partial charge in [0.15, 0.2) is 0 Å². The molecule has 0 amide bonds. The zero-order chi connectivity index (χ0) is 15.2. The third kappa shape index (κ3) is 3.90. The molecule has 3 rings (SSSR count). The molecule has 1 unspecified atom stereocenters. The van der Waals surface area contributed by atoms with Gasteiger partial charge in [-0.25, -0.2) is 9.97 Å². The molecular formula is C16H20N4OS. The zero-order valence-electron chi connectivity index (χ0n) is 12.5. The Morgan fingerprint density at radius 1 is 0.955 bits per heavy atom. The Labute approximate surface area is 133 Å². The Bertz CT molecular complexity index is 600. The van der Waals surface area contributed by atoms with E-state index in [-0.39, 0.29) is 0 Å². The van der Waals surface area contributed by atoms with Crippen LogP contribution >= 0.6 is 0 Å². The third-order valence-corrected chi connectivity index (χ3v) is 5.16. The highest BCUT2D eigenvalue weighted by molar-refractivity contribution is 7.85. The summed E-state index contributed by atoms with van der Waals surface area (Å²) in [5, 5.41) is 0. The predicted molar refractivity (Wildman–Crippen MR) is 88.4 cm³/mol. The minimum Gasteiger partial charge on any atom is -0.338 e. The minimum absolute atomic E-state index is 0.686. The molecule has 2 aromatic rings. The number of benzene rings is 1. The van der Waals surface area contributed by atoms with Gasteiger partial charge in [-0.2, -0.15) is 0 Å². The lowest BCUT2D eigenvalue weighted by atomic mass is 10.3. The number of hydrogen-bond donors (Lipinski definition) is 0. The number of hydrogen-bond acceptors (Lipinski definition) is 5. The van der Waals surface area contributed by atoms with Gasteiger partial charge in [-0.3, -0.25) is 9.11 Å². The summed E-state index contributed by atoms with van der Waals surface area (Å²) in [7, 11) is -0.910. The van der Waals surface area contributed by atoms with Crippen molar-refractivity contribution in [2.24, 2.45) is 0 Å². The molecule has 0 saturated carbocycles. The first-order valence-electron chi connectivity index (χ1n) is 7.51. The molecule has 0 aliphatic carbocycles. The molecule has 1 aliphatic heterocycles. The van der Waals surface area contributed by atoms with Crippen molar-refractivity contribution in [3.63, 3.8) is 0 Å². The van der Waals surface area contributed by atoms with Crippen molar-refractivity contribution in [2.75, 3.05) is 43.4 Å². The topological polar surface area (TPSA) is 49.3 Å². The molecule has 1 fully saturated rings. The first-order valence-corrected chi connectivity index (χ1v) is 8.82. The van der Waals surface area contributed by atoms with Crippen molar-refractivity contribution in [1.29, 1.82) is 0 Å². The molecule has 1 atom stereocenters. The van der Waals surface area contributed by atoms with E-state index in [0.717, 1.165) is 43.6 Å². The van der Waals surface area contributed by atoms with Gasteiger partial charge in [0.25, 0.3) is 0 Å². The molecular weight excluding hydrogens is 296 g/mol. The molecule has 22 heavy (non-hydrogen) atoms. The number of aromatic nitrogens is 2. The Kier molecular flexibility index (Phi) is 5.13. The van der Waals surface area contributed by atoms with Crippen LogP contribution in [0, 0.1) is 0 Å². The van der Waals surface area contributed by atoms with Crippen LogP contribution in [-0.4, -0.2) is 57.6 Å². The molecule has 0 radical (unpaired) electrons. The lowest BCUT2D eigenvalue weighted by molar-refractivity contribution is 0.271. The van der Waals surface area contributed by atoms with E-state index in [4.69, 9.17) is 0 Å². The summed E-state index contributed by atoms with van der Waals surface area (Å²) in [5.41, 5.74) is 0. The van der Waals surface area contributed by atoms with E-state index >= 15 is 0 Å². The molecule has 1 aromatic carbocycles. The van der Waals surface area contributed by atoms with Gasteiger partial charge >= 0.3 is 0 Å². The monoisotopic (exact) mass is 316 g/mol. The van der Waals surface area contributed by atoms with Crippen LogP contribution in [0.1, 0.15) is 0 Å². The van der Waals surface area contributed by atoms with Gasteiger partial charge in [-0.1, -0.05) is 18.2 Å². The summed E-state index contributed by atoms with van der Waals surface area (Å²) in [6, 6.07) is 11.5. The fourth-order valence-electron chi connectivity index (χ4n) is 2.53. The van der Waals surface area contributed by atoms with Gasteiger partial charge in [0.2, 0.25) is 5.95 Å². The highest BCUT2D eigenvalue weighted by Crippen LogP contribution is 2.10. The van der Waals surface area contributed by atoms with Crippen molar-refractivity contribution in [2.45, 2.75) is 4.90 Å². The second-order valence-corrected chi connectivity index (χ2v) is 6.81. The Hall–Kier alpha value is -1.79. The molecule has 6 heteroatoms. The van der Waals surface area contributed by atoms with Crippen LogP contribution in [0.3, 0.4) is 0 Å². The normalized spacial score (nSPS) is 17.4. The fourth-order valence-corrected chi connectivity index (χ4v) is 3.65. The lowest BCUT2D eigenvalue weighted by Gasteiger charge is -2.34. The highest BCUT2D eigenvalue weighted by Gasteiger charge is 2.19. The van der Waals surface area contributed by atoms with Gasteiger partial charge in [-0.15, -0.1) is 0 Å². The van der Waals surface area contributed by atoms with Crippen molar-refractivity contribution in [3.05, 3.63) is 48.8 Å². The van der Waals surface area contributed by atoms with Crippen LogP contribution in [0.4, 0.5) is 5.95 Å². The molecule has 1 aliphatic rings. The van der Waals surface area contributed by atoms with E-state index in [9.17, 15) is 4.21 Å². The number of piperazine rings is 1. The van der Waals surface area contributed by atoms with Crippen LogP contribution in [0.25, 0.3) is 0 Å². The molecule has 2 heterocycles. The molecule has 0 N–H and O–H groups in total. The SMILES string of the molecule is O=S(CCN1CCN(c2ncccn2)CC1)c1ccccc1. The molecule has 5 nitrogen and oxygen atoms in total. The maximum atomic E-state index is 12.2. The second kappa shape index (κ2) is 7.47. The van der Waals surface area contributed by atoms with E-state index in [2.05, 4.69) is 19.8 Å². The minimum atomic E-state index is -0.910. The van der Waals surface area contributed by atoms with E-state index < -0.39 is 10.8 Å². The molecule has 1 aromatic heterocycles. The van der Waals surface area contributed by atoms with E-state index in [0.29, 0.717) is 5.75 Å². The van der Waals surface area contributed by atoms with Crippen molar-refractivity contribution < 1.29 is 4.21 Å². The smallest absolute Gasteiger partial charge is 0.225 e. The van der Waals surface area contributed by atoms with E-state index in [1.54, 1.807) is 12.4 Å². The third-order valence-electron chi connectivity index (χ3n) is 3.81. The van der Waals surface area contributed by atoms with Crippen LogP contribution in [0.2, 0.25) is 0 Å². The molecule has 116 valence electrons. The summed E-state index contributed by atoms with van der Waals surface area (Å²) in [4.78, 5) is 14.1. The average Bonchev–Trinajstić information content (AvgIpc) is 2.61. The van der Waals surface area contributed by atoms with Crippen LogP contribution < -0.4 is 4.90 Å². The summed E-state index contributed by atoms with van der Waals surface area (Å²) in [6.45, 7) is 4.63. The number of nitrogens with zero attached hydrogens (tertiary/aromatic N) is 4. The van der Waals surface area contributed by atoms with E-state index in [1.807, 2.05) is 36.4 Å². The lowest BCUT2D eigenvalue weighted by Crippen LogP contribution is -2.47. The maximum absolute atomic E-state index is 12.2. The summed E-state index contributed by atoms with van der Waals surface area (Å²) < 4.78 is 12.2. The van der Waals surface area contributed by atoms with Crippen LogP contribution in [0.15, 0.2) is 53.7 Å². The maximum Gasteiger partial charge on any atom is 0.225 e. The van der Waals surface area contributed by atoms with Crippen molar-refractivity contribution >= 4 is 16.7 Å². The van der Waals surface area contributed by atoms with Gasteiger partial charge in [0.05, 0.1) is 10.8 Å². The number of anilines is 1. The largest absolute Gasteiger partial charge is 0.338 e. The Morgan fingerprint density at radius 2 is 1.64 bits per heavy atom. The standard InChI is InChI=1S/C16H20N4OS/c21-22(15-5-2-1-3-6-15)14-13-19-9-11-20(12-10-19)16-17-7-4-8-18-16/h1-8H,9-14H2. The van der Waals surface area contributed by atoms with Gasteiger partial charge in [-0.05, 0) is 18.2 Å². The first-order chi connectivity index (χ1) is 10.8. The Balaban J connectivity index is 1.45. The quantitative estimate of drug-likeness (QED) is 0.835. The first kappa shape index (κ1) is 15.1.